The summed E-state index contributed by atoms with van der Waals surface area (Å²) in [6, 6.07) is 11.6. The SMILES string of the molecule is Cc1cccc(N2C[C@H](C(=O)Nc3ccc(Cl)c([N+](=O)[O-])c3)CC2=O)c1. The van der Waals surface area contributed by atoms with Gasteiger partial charge in [0.2, 0.25) is 11.8 Å². The molecule has 0 aliphatic carbocycles. The number of benzene rings is 2. The van der Waals surface area contributed by atoms with Crippen LogP contribution in [0.15, 0.2) is 42.5 Å². The average molecular weight is 374 g/mol. The summed E-state index contributed by atoms with van der Waals surface area (Å²) < 4.78 is 0. The van der Waals surface area contributed by atoms with Gasteiger partial charge in [-0.15, -0.1) is 0 Å². The van der Waals surface area contributed by atoms with E-state index in [0.717, 1.165) is 11.3 Å². The van der Waals surface area contributed by atoms with Crippen LogP contribution in [0.3, 0.4) is 0 Å². The largest absolute Gasteiger partial charge is 0.326 e. The molecule has 0 spiro atoms. The molecule has 1 aliphatic rings. The highest BCUT2D eigenvalue weighted by Crippen LogP contribution is 2.29. The lowest BCUT2D eigenvalue weighted by atomic mass is 10.1. The third-order valence-electron chi connectivity index (χ3n) is 4.22. The Morgan fingerprint density at radius 1 is 1.31 bits per heavy atom. The molecule has 0 radical (unpaired) electrons. The molecular formula is C18H16ClN3O4. The molecule has 26 heavy (non-hydrogen) atoms. The molecule has 0 aromatic heterocycles. The number of nitro benzene ring substituents is 1. The Morgan fingerprint density at radius 2 is 2.08 bits per heavy atom. The van der Waals surface area contributed by atoms with Crippen LogP contribution in [0, 0.1) is 23.0 Å². The van der Waals surface area contributed by atoms with E-state index in [1.54, 1.807) is 4.90 Å². The third-order valence-corrected chi connectivity index (χ3v) is 4.54. The van der Waals surface area contributed by atoms with E-state index < -0.39 is 10.8 Å². The van der Waals surface area contributed by atoms with Gasteiger partial charge in [-0.25, -0.2) is 0 Å². The number of nitrogens with one attached hydrogen (secondary N) is 1. The summed E-state index contributed by atoms with van der Waals surface area (Å²) in [5.74, 6) is -1.01. The number of amides is 2. The first-order valence-corrected chi connectivity index (χ1v) is 8.35. The van der Waals surface area contributed by atoms with Gasteiger partial charge in [0.25, 0.3) is 5.69 Å². The quantitative estimate of drug-likeness (QED) is 0.655. The van der Waals surface area contributed by atoms with Gasteiger partial charge in [0.1, 0.15) is 5.02 Å². The summed E-state index contributed by atoms with van der Waals surface area (Å²) in [5, 5.41) is 13.6. The molecule has 134 valence electrons. The van der Waals surface area contributed by atoms with Crippen LogP contribution in [0.4, 0.5) is 17.1 Å². The lowest BCUT2D eigenvalue weighted by Gasteiger charge is -2.17. The van der Waals surface area contributed by atoms with Crippen LogP contribution in [0.1, 0.15) is 12.0 Å². The van der Waals surface area contributed by atoms with Crippen molar-refractivity contribution in [2.45, 2.75) is 13.3 Å². The highest BCUT2D eigenvalue weighted by Gasteiger charge is 2.35. The minimum atomic E-state index is -0.615. The molecule has 3 rings (SSSR count). The zero-order valence-electron chi connectivity index (χ0n) is 13.9. The molecule has 0 bridgehead atoms. The van der Waals surface area contributed by atoms with Crippen LogP contribution in [0.25, 0.3) is 0 Å². The van der Waals surface area contributed by atoms with Gasteiger partial charge in [0, 0.05) is 30.4 Å². The van der Waals surface area contributed by atoms with E-state index in [1.165, 1.54) is 18.2 Å². The fraction of sp³-hybridized carbons (Fsp3) is 0.222. The number of hydrogen-bond donors (Lipinski definition) is 1. The molecule has 2 aromatic carbocycles. The number of nitrogens with zero attached hydrogens (tertiary/aromatic N) is 2. The topological polar surface area (TPSA) is 92.6 Å². The minimum Gasteiger partial charge on any atom is -0.326 e. The fourth-order valence-electron chi connectivity index (χ4n) is 2.90. The predicted molar refractivity (Wildman–Crippen MR) is 98.4 cm³/mol. The van der Waals surface area contributed by atoms with Gasteiger partial charge in [-0.1, -0.05) is 23.7 Å². The van der Waals surface area contributed by atoms with E-state index >= 15 is 0 Å². The van der Waals surface area contributed by atoms with Gasteiger partial charge in [-0.05, 0) is 36.8 Å². The van der Waals surface area contributed by atoms with Crippen LogP contribution in [0.2, 0.25) is 5.02 Å². The molecule has 1 N–H and O–H groups in total. The monoisotopic (exact) mass is 373 g/mol. The van der Waals surface area contributed by atoms with Crippen molar-refractivity contribution in [2.75, 3.05) is 16.8 Å². The molecule has 0 unspecified atom stereocenters. The van der Waals surface area contributed by atoms with Crippen molar-refractivity contribution in [3.63, 3.8) is 0 Å². The molecule has 2 amide bonds. The molecule has 0 saturated carbocycles. The molecule has 7 nitrogen and oxygen atoms in total. The molecule has 1 fully saturated rings. The van der Waals surface area contributed by atoms with Crippen molar-refractivity contribution in [1.82, 2.24) is 0 Å². The number of anilines is 2. The second-order valence-corrected chi connectivity index (χ2v) is 6.56. The Kier molecular flexibility index (Phi) is 4.90. The van der Waals surface area contributed by atoms with Crippen LogP contribution in [0.5, 0.6) is 0 Å². The zero-order valence-corrected chi connectivity index (χ0v) is 14.7. The first-order valence-electron chi connectivity index (χ1n) is 7.97. The van der Waals surface area contributed by atoms with Crippen molar-refractivity contribution in [1.29, 1.82) is 0 Å². The summed E-state index contributed by atoms with van der Waals surface area (Å²) in [4.78, 5) is 36.7. The lowest BCUT2D eigenvalue weighted by Crippen LogP contribution is -2.28. The van der Waals surface area contributed by atoms with Crippen LogP contribution in [-0.2, 0) is 9.59 Å². The maximum Gasteiger partial charge on any atom is 0.289 e. The smallest absolute Gasteiger partial charge is 0.289 e. The second-order valence-electron chi connectivity index (χ2n) is 6.16. The van der Waals surface area contributed by atoms with E-state index in [4.69, 9.17) is 11.6 Å². The Hall–Kier alpha value is -2.93. The van der Waals surface area contributed by atoms with E-state index in [1.807, 2.05) is 31.2 Å². The van der Waals surface area contributed by atoms with Crippen molar-refractivity contribution in [3.8, 4) is 0 Å². The zero-order chi connectivity index (χ0) is 18.8. The van der Waals surface area contributed by atoms with E-state index in [2.05, 4.69) is 5.32 Å². The Labute approximate surface area is 154 Å². The maximum atomic E-state index is 12.5. The Bertz CT molecular complexity index is 900. The summed E-state index contributed by atoms with van der Waals surface area (Å²) in [6.45, 7) is 2.20. The number of hydrogen-bond acceptors (Lipinski definition) is 4. The Morgan fingerprint density at radius 3 is 2.77 bits per heavy atom. The van der Waals surface area contributed by atoms with Crippen LogP contribution < -0.4 is 10.2 Å². The predicted octanol–water partition coefficient (Wildman–Crippen LogP) is 3.55. The number of aryl methyl sites for hydroxylation is 1. The summed E-state index contributed by atoms with van der Waals surface area (Å²) >= 11 is 5.77. The summed E-state index contributed by atoms with van der Waals surface area (Å²) in [6.07, 6.45) is 0.0927. The number of rotatable bonds is 4. The standard InChI is InChI=1S/C18H16ClN3O4/c1-11-3-2-4-14(7-11)21-10-12(8-17(21)23)18(24)20-13-5-6-15(19)16(9-13)22(25)26/h2-7,9,12H,8,10H2,1H3,(H,20,24)/t12-/m1/s1. The summed E-state index contributed by atoms with van der Waals surface area (Å²) in [5.41, 5.74) is 1.77. The van der Waals surface area contributed by atoms with Crippen molar-refractivity contribution < 1.29 is 14.5 Å². The number of halogens is 1. The maximum absolute atomic E-state index is 12.5. The molecule has 8 heteroatoms. The highest BCUT2D eigenvalue weighted by molar-refractivity contribution is 6.32. The fourth-order valence-corrected chi connectivity index (χ4v) is 3.09. The molecular weight excluding hydrogens is 358 g/mol. The molecule has 1 saturated heterocycles. The van der Waals surface area contributed by atoms with E-state index in [-0.39, 0.29) is 41.2 Å². The van der Waals surface area contributed by atoms with Crippen LogP contribution >= 0.6 is 11.6 Å². The molecule has 2 aromatic rings. The molecule has 1 atom stereocenters. The normalized spacial score (nSPS) is 16.6. The number of carbonyl (C=O) groups excluding carboxylic acids is 2. The molecule has 1 heterocycles. The van der Waals surface area contributed by atoms with Gasteiger partial charge < -0.3 is 10.2 Å². The summed E-state index contributed by atoms with van der Waals surface area (Å²) in [7, 11) is 0. The Balaban J connectivity index is 1.72. The van der Waals surface area contributed by atoms with E-state index in [9.17, 15) is 19.7 Å². The minimum absolute atomic E-state index is 0.00494. The molecule has 1 aliphatic heterocycles. The van der Waals surface area contributed by atoms with Crippen molar-refractivity contribution in [2.24, 2.45) is 5.92 Å². The van der Waals surface area contributed by atoms with Gasteiger partial charge >= 0.3 is 0 Å². The van der Waals surface area contributed by atoms with Crippen LogP contribution in [-0.4, -0.2) is 23.3 Å². The number of carbonyl (C=O) groups is 2. The van der Waals surface area contributed by atoms with Crippen molar-refractivity contribution in [3.05, 3.63) is 63.2 Å². The van der Waals surface area contributed by atoms with Gasteiger partial charge in [0.15, 0.2) is 0 Å². The first kappa shape index (κ1) is 17.9. The van der Waals surface area contributed by atoms with E-state index in [0.29, 0.717) is 0 Å². The highest BCUT2D eigenvalue weighted by atomic mass is 35.5. The second kappa shape index (κ2) is 7.13. The third kappa shape index (κ3) is 3.67. The van der Waals surface area contributed by atoms with Gasteiger partial charge in [0.05, 0.1) is 10.8 Å². The van der Waals surface area contributed by atoms with Crippen molar-refractivity contribution >= 4 is 40.5 Å². The average Bonchev–Trinajstić information content (AvgIpc) is 2.98. The lowest BCUT2D eigenvalue weighted by molar-refractivity contribution is -0.384. The first-order chi connectivity index (χ1) is 12.3. The van der Waals surface area contributed by atoms with Gasteiger partial charge in [-0.2, -0.15) is 0 Å². The van der Waals surface area contributed by atoms with Gasteiger partial charge in [-0.3, -0.25) is 19.7 Å². The number of nitro groups is 1.